The fourth-order valence-corrected chi connectivity index (χ4v) is 2.30. The monoisotopic (exact) mass is 199 g/mol. The lowest BCUT2D eigenvalue weighted by atomic mass is 10.3. The number of fused-ring (bicyclic) bond motifs is 1. The number of H-pyrrole nitrogens is 1. The molecule has 2 aromatic rings. The quantitative estimate of drug-likeness (QED) is 0.695. The van der Waals surface area contributed by atoms with Crippen molar-refractivity contribution in [3.63, 3.8) is 0 Å². The first-order valence-corrected chi connectivity index (χ1v) is 4.71. The molecule has 2 nitrogen and oxygen atoms in total. The first-order valence-electron chi connectivity index (χ1n) is 3.45. The number of hydrogen-bond acceptors (Lipinski definition) is 2. The maximum Gasteiger partial charge on any atom is 0.267 e. The van der Waals surface area contributed by atoms with Crippen molar-refractivity contribution in [2.75, 3.05) is 0 Å². The van der Waals surface area contributed by atoms with Gasteiger partial charge in [-0.05, 0) is 18.4 Å². The second kappa shape index (κ2) is 2.61. The van der Waals surface area contributed by atoms with Gasteiger partial charge in [-0.15, -0.1) is 11.3 Å². The molecule has 0 aliphatic rings. The van der Waals surface area contributed by atoms with E-state index in [0.717, 1.165) is 15.8 Å². The topological polar surface area (TPSA) is 32.9 Å². The molecule has 2 aromatic heterocycles. The molecule has 0 spiro atoms. The second-order valence-corrected chi connectivity index (χ2v) is 3.85. The molecule has 0 unspecified atom stereocenters. The van der Waals surface area contributed by atoms with Gasteiger partial charge in [-0.25, -0.2) is 0 Å². The minimum Gasteiger partial charge on any atom is -0.324 e. The molecule has 0 fully saturated rings. The third-order valence-corrected chi connectivity index (χ3v) is 3.15. The number of pyridine rings is 1. The van der Waals surface area contributed by atoms with Crippen molar-refractivity contribution in [3.8, 4) is 0 Å². The summed E-state index contributed by atoms with van der Waals surface area (Å²) in [6.45, 7) is 1.87. The molecular formula is C8H6ClNOS. The minimum atomic E-state index is -0.208. The maximum atomic E-state index is 11.2. The number of thiophene rings is 1. The summed E-state index contributed by atoms with van der Waals surface area (Å²) in [5.41, 5.74) is 0.675. The largest absolute Gasteiger partial charge is 0.324 e. The van der Waals surface area contributed by atoms with E-state index < -0.39 is 0 Å². The maximum absolute atomic E-state index is 11.2. The van der Waals surface area contributed by atoms with Gasteiger partial charge in [0.2, 0.25) is 0 Å². The molecule has 2 rings (SSSR count). The Bertz CT molecular complexity index is 485. The highest BCUT2D eigenvalue weighted by molar-refractivity contribution is 7.17. The van der Waals surface area contributed by atoms with E-state index in [0.29, 0.717) is 0 Å². The van der Waals surface area contributed by atoms with Crippen LogP contribution in [-0.2, 0) is 0 Å². The van der Waals surface area contributed by atoms with Crippen molar-refractivity contribution in [2.24, 2.45) is 0 Å². The van der Waals surface area contributed by atoms with Crippen LogP contribution < -0.4 is 5.56 Å². The number of hydrogen-bond donors (Lipinski definition) is 1. The normalized spacial score (nSPS) is 10.8. The van der Waals surface area contributed by atoms with Gasteiger partial charge in [0.1, 0.15) is 5.02 Å². The van der Waals surface area contributed by atoms with Crippen LogP contribution in [0, 0.1) is 6.92 Å². The summed E-state index contributed by atoms with van der Waals surface area (Å²) in [6.07, 6.45) is 0. The van der Waals surface area contributed by atoms with Gasteiger partial charge in [-0.1, -0.05) is 11.6 Å². The molecule has 0 aromatic carbocycles. The molecule has 0 radical (unpaired) electrons. The van der Waals surface area contributed by atoms with E-state index in [4.69, 9.17) is 11.6 Å². The van der Waals surface area contributed by atoms with Crippen LogP contribution in [0.1, 0.15) is 5.69 Å². The van der Waals surface area contributed by atoms with Crippen molar-refractivity contribution >= 4 is 33.0 Å². The van der Waals surface area contributed by atoms with E-state index in [2.05, 4.69) is 4.98 Å². The lowest BCUT2D eigenvalue weighted by Crippen LogP contribution is -2.07. The van der Waals surface area contributed by atoms with Gasteiger partial charge in [0.15, 0.2) is 0 Å². The second-order valence-electron chi connectivity index (χ2n) is 2.56. The molecule has 62 valence electrons. The molecule has 12 heavy (non-hydrogen) atoms. The summed E-state index contributed by atoms with van der Waals surface area (Å²) >= 11 is 7.38. The van der Waals surface area contributed by atoms with Crippen LogP contribution in [0.25, 0.3) is 10.1 Å². The Morgan fingerprint density at radius 2 is 2.33 bits per heavy atom. The van der Waals surface area contributed by atoms with Crippen molar-refractivity contribution < 1.29 is 0 Å². The van der Waals surface area contributed by atoms with Gasteiger partial charge in [0.25, 0.3) is 5.56 Å². The van der Waals surface area contributed by atoms with Crippen LogP contribution in [0.3, 0.4) is 0 Å². The Morgan fingerprint density at radius 3 is 3.08 bits per heavy atom. The van der Waals surface area contributed by atoms with E-state index in [1.165, 1.54) is 0 Å². The first-order chi connectivity index (χ1) is 5.70. The summed E-state index contributed by atoms with van der Waals surface area (Å²) in [5, 5.41) is 3.07. The van der Waals surface area contributed by atoms with Gasteiger partial charge < -0.3 is 4.98 Å². The van der Waals surface area contributed by atoms with Crippen LogP contribution in [0.2, 0.25) is 5.02 Å². The van der Waals surface area contributed by atoms with E-state index in [1.54, 1.807) is 11.3 Å². The van der Waals surface area contributed by atoms with Gasteiger partial charge in [-0.2, -0.15) is 0 Å². The van der Waals surface area contributed by atoms with Gasteiger partial charge in [-0.3, -0.25) is 4.79 Å². The Balaban J connectivity index is 3.07. The van der Waals surface area contributed by atoms with Crippen LogP contribution in [-0.4, -0.2) is 4.98 Å². The summed E-state index contributed by atoms with van der Waals surface area (Å²) in [6, 6.07) is 1.87. The highest BCUT2D eigenvalue weighted by Gasteiger charge is 2.06. The van der Waals surface area contributed by atoms with Crippen molar-refractivity contribution in [2.45, 2.75) is 6.92 Å². The van der Waals surface area contributed by atoms with Crippen LogP contribution in [0.15, 0.2) is 16.2 Å². The molecule has 1 N–H and O–H groups in total. The van der Waals surface area contributed by atoms with Crippen LogP contribution in [0.4, 0.5) is 0 Å². The number of aromatic amines is 1. The predicted molar refractivity (Wildman–Crippen MR) is 52.2 cm³/mol. The van der Waals surface area contributed by atoms with Gasteiger partial charge in [0.05, 0.1) is 4.70 Å². The average Bonchev–Trinajstić information content (AvgIpc) is 2.48. The van der Waals surface area contributed by atoms with Crippen molar-refractivity contribution in [1.82, 2.24) is 4.98 Å². The number of nitrogens with one attached hydrogen (secondary N) is 1. The van der Waals surface area contributed by atoms with Crippen molar-refractivity contribution in [3.05, 3.63) is 32.5 Å². The number of halogens is 1. The molecule has 0 aliphatic carbocycles. The molecule has 0 saturated carbocycles. The minimum absolute atomic E-state index is 0.208. The Labute approximate surface area is 77.8 Å². The van der Waals surface area contributed by atoms with Gasteiger partial charge in [0, 0.05) is 11.1 Å². The third kappa shape index (κ3) is 0.974. The lowest BCUT2D eigenvalue weighted by Gasteiger charge is -1.96. The van der Waals surface area contributed by atoms with Crippen LogP contribution in [0.5, 0.6) is 0 Å². The Kier molecular flexibility index (Phi) is 1.70. The Morgan fingerprint density at radius 1 is 1.58 bits per heavy atom. The zero-order chi connectivity index (χ0) is 8.72. The first kappa shape index (κ1) is 7.83. The Hall–Kier alpha value is -0.800. The number of rotatable bonds is 0. The van der Waals surface area contributed by atoms with Crippen molar-refractivity contribution in [1.29, 1.82) is 0 Å². The molecular weight excluding hydrogens is 194 g/mol. The number of aromatic nitrogens is 1. The zero-order valence-corrected chi connectivity index (χ0v) is 7.92. The van der Waals surface area contributed by atoms with Gasteiger partial charge >= 0.3 is 0 Å². The SMILES string of the molecule is Cc1[nH]c(=O)c(Cl)c2ccsc12. The smallest absolute Gasteiger partial charge is 0.267 e. The molecule has 0 bridgehead atoms. The summed E-state index contributed by atoms with van der Waals surface area (Å²) < 4.78 is 1.06. The zero-order valence-electron chi connectivity index (χ0n) is 6.35. The highest BCUT2D eigenvalue weighted by Crippen LogP contribution is 2.26. The summed E-state index contributed by atoms with van der Waals surface area (Å²) in [5.74, 6) is 0. The standard InChI is InChI=1S/C8H6ClNOS/c1-4-7-5(2-3-12-7)6(9)8(11)10-4/h2-3H,1H3,(H,10,11). The number of aryl methyl sites for hydroxylation is 1. The van der Waals surface area contributed by atoms with Crippen LogP contribution >= 0.6 is 22.9 Å². The molecule has 0 atom stereocenters. The van der Waals surface area contributed by atoms with E-state index in [1.807, 2.05) is 18.4 Å². The molecule has 2 heterocycles. The lowest BCUT2D eigenvalue weighted by molar-refractivity contribution is 1.18. The molecule has 0 saturated heterocycles. The fraction of sp³-hybridized carbons (Fsp3) is 0.125. The summed E-state index contributed by atoms with van der Waals surface area (Å²) in [4.78, 5) is 13.9. The predicted octanol–water partition coefficient (Wildman–Crippen LogP) is 2.55. The molecule has 0 amide bonds. The highest BCUT2D eigenvalue weighted by atomic mass is 35.5. The average molecular weight is 200 g/mol. The van der Waals surface area contributed by atoms with E-state index >= 15 is 0 Å². The molecule has 0 aliphatic heterocycles. The van der Waals surface area contributed by atoms with E-state index in [-0.39, 0.29) is 10.6 Å². The molecule has 4 heteroatoms. The summed E-state index contributed by atoms with van der Waals surface area (Å²) in [7, 11) is 0. The fourth-order valence-electron chi connectivity index (χ4n) is 1.18. The third-order valence-electron chi connectivity index (χ3n) is 1.74. The van der Waals surface area contributed by atoms with E-state index in [9.17, 15) is 4.79 Å².